The van der Waals surface area contributed by atoms with E-state index in [0.29, 0.717) is 11.7 Å². The summed E-state index contributed by atoms with van der Waals surface area (Å²) in [6.07, 6.45) is 6.41. The van der Waals surface area contributed by atoms with Gasteiger partial charge in [0.25, 0.3) is 5.91 Å². The van der Waals surface area contributed by atoms with E-state index >= 15 is 0 Å². The first-order chi connectivity index (χ1) is 8.15. The Morgan fingerprint density at radius 2 is 2.29 bits per heavy atom. The van der Waals surface area contributed by atoms with Gasteiger partial charge in [0.15, 0.2) is 0 Å². The summed E-state index contributed by atoms with van der Waals surface area (Å²) in [5.41, 5.74) is 1.53. The number of carbonyl (C=O) groups is 1. The number of rotatable bonds is 5. The van der Waals surface area contributed by atoms with Gasteiger partial charge in [-0.3, -0.25) is 9.79 Å². The Morgan fingerprint density at radius 3 is 2.82 bits per heavy atom. The average Bonchev–Trinajstić information content (AvgIpc) is 2.32. The van der Waals surface area contributed by atoms with E-state index in [1.807, 2.05) is 11.8 Å². The molecule has 0 fully saturated rings. The Bertz CT molecular complexity index is 355. The molecule has 0 aromatic carbocycles. The maximum Gasteiger partial charge on any atom is 0.272 e. The molecule has 94 valence electrons. The Morgan fingerprint density at radius 1 is 1.59 bits per heavy atom. The fraction of sp³-hybridized carbons (Fsp3) is 0.571. The quantitative estimate of drug-likeness (QED) is 0.673. The normalized spacial score (nSPS) is 19.0. The molecule has 0 aromatic heterocycles. The monoisotopic (exact) mass is 234 g/mol. The van der Waals surface area contributed by atoms with Crippen LogP contribution in [0.1, 0.15) is 40.0 Å². The van der Waals surface area contributed by atoms with Gasteiger partial charge in [0.1, 0.15) is 5.70 Å². The molecule has 1 aliphatic heterocycles. The van der Waals surface area contributed by atoms with Gasteiger partial charge in [-0.1, -0.05) is 26.0 Å². The summed E-state index contributed by atoms with van der Waals surface area (Å²) >= 11 is 0. The van der Waals surface area contributed by atoms with Gasteiger partial charge >= 0.3 is 0 Å². The van der Waals surface area contributed by atoms with Gasteiger partial charge < -0.3 is 4.90 Å². The molecular formula is C14H22N2O. The van der Waals surface area contributed by atoms with Crippen LogP contribution in [0.2, 0.25) is 0 Å². The second-order valence-electron chi connectivity index (χ2n) is 4.35. The van der Waals surface area contributed by atoms with Gasteiger partial charge in [-0.15, -0.1) is 0 Å². The molecule has 1 unspecified atom stereocenters. The van der Waals surface area contributed by atoms with E-state index < -0.39 is 0 Å². The largest absolute Gasteiger partial charge is 0.334 e. The maximum atomic E-state index is 12.3. The molecule has 0 saturated heterocycles. The van der Waals surface area contributed by atoms with Crippen LogP contribution in [-0.2, 0) is 4.79 Å². The van der Waals surface area contributed by atoms with Crippen LogP contribution in [0.5, 0.6) is 0 Å². The lowest BCUT2D eigenvalue weighted by molar-refractivity contribution is -0.130. The summed E-state index contributed by atoms with van der Waals surface area (Å²) in [6, 6.07) is 0.293. The fourth-order valence-electron chi connectivity index (χ4n) is 2.19. The van der Waals surface area contributed by atoms with Crippen molar-refractivity contribution in [1.29, 1.82) is 0 Å². The van der Waals surface area contributed by atoms with Crippen molar-refractivity contribution in [3.05, 3.63) is 23.9 Å². The van der Waals surface area contributed by atoms with Crippen molar-refractivity contribution in [3.8, 4) is 0 Å². The number of allylic oxidation sites excluding steroid dienone is 1. The predicted octanol–water partition coefficient (Wildman–Crippen LogP) is 2.94. The van der Waals surface area contributed by atoms with E-state index in [1.165, 1.54) is 0 Å². The molecule has 1 heterocycles. The van der Waals surface area contributed by atoms with Gasteiger partial charge in [-0.2, -0.15) is 0 Å². The van der Waals surface area contributed by atoms with Gasteiger partial charge in [-0.05, 0) is 32.3 Å². The Kier molecular flexibility index (Phi) is 5.13. The number of nitrogens with zero attached hydrogens (tertiary/aromatic N) is 2. The van der Waals surface area contributed by atoms with E-state index in [2.05, 4.69) is 25.4 Å². The lowest BCUT2D eigenvalue weighted by Crippen LogP contribution is -2.42. The molecule has 17 heavy (non-hydrogen) atoms. The van der Waals surface area contributed by atoms with Gasteiger partial charge in [0, 0.05) is 18.8 Å². The highest BCUT2D eigenvalue weighted by molar-refractivity contribution is 5.96. The van der Waals surface area contributed by atoms with Crippen molar-refractivity contribution in [2.75, 3.05) is 6.54 Å². The van der Waals surface area contributed by atoms with E-state index in [9.17, 15) is 4.79 Å². The van der Waals surface area contributed by atoms with Gasteiger partial charge in [-0.25, -0.2) is 0 Å². The summed E-state index contributed by atoms with van der Waals surface area (Å²) in [5, 5.41) is 0. The highest BCUT2D eigenvalue weighted by Crippen LogP contribution is 2.23. The van der Waals surface area contributed by atoms with Crippen molar-refractivity contribution >= 4 is 12.1 Å². The summed E-state index contributed by atoms with van der Waals surface area (Å²) in [6.45, 7) is 10.6. The zero-order valence-electron chi connectivity index (χ0n) is 11.1. The number of hydrogen-bond donors (Lipinski definition) is 0. The van der Waals surface area contributed by atoms with Crippen LogP contribution >= 0.6 is 0 Å². The minimum Gasteiger partial charge on any atom is -0.334 e. The first kappa shape index (κ1) is 13.7. The van der Waals surface area contributed by atoms with Crippen LogP contribution in [0.25, 0.3) is 0 Å². The topological polar surface area (TPSA) is 32.7 Å². The number of hydrogen-bond acceptors (Lipinski definition) is 2. The zero-order chi connectivity index (χ0) is 12.8. The summed E-state index contributed by atoms with van der Waals surface area (Å²) in [7, 11) is 0. The van der Waals surface area contributed by atoms with Crippen molar-refractivity contribution in [2.24, 2.45) is 4.99 Å². The molecule has 0 saturated carbocycles. The lowest BCUT2D eigenvalue weighted by atomic mass is 10.0. The standard InChI is InChI=1S/C14H22N2O/c1-5-8-11(4)16-10-9-12(6-2)13(14(16)17)15-7-3/h6-7,11H,2,5,8-10H2,1,3-4H3. The first-order valence-electron chi connectivity index (χ1n) is 6.30. The molecule has 1 aliphatic rings. The van der Waals surface area contributed by atoms with Crippen LogP contribution in [-0.4, -0.2) is 29.6 Å². The number of aliphatic imine (C=N–C) groups is 1. The molecule has 3 heteroatoms. The predicted molar refractivity (Wildman–Crippen MR) is 72.1 cm³/mol. The van der Waals surface area contributed by atoms with Crippen molar-refractivity contribution in [2.45, 2.75) is 46.1 Å². The molecule has 0 spiro atoms. The molecule has 0 bridgehead atoms. The van der Waals surface area contributed by atoms with Crippen molar-refractivity contribution in [3.63, 3.8) is 0 Å². The highest BCUT2D eigenvalue weighted by atomic mass is 16.2. The van der Waals surface area contributed by atoms with E-state index in [1.54, 1.807) is 12.3 Å². The van der Waals surface area contributed by atoms with Gasteiger partial charge in [0.2, 0.25) is 0 Å². The summed E-state index contributed by atoms with van der Waals surface area (Å²) < 4.78 is 0. The molecule has 1 rings (SSSR count). The fourth-order valence-corrected chi connectivity index (χ4v) is 2.19. The molecule has 0 radical (unpaired) electrons. The Balaban J connectivity index is 2.95. The van der Waals surface area contributed by atoms with Crippen LogP contribution in [0.4, 0.5) is 0 Å². The molecule has 3 nitrogen and oxygen atoms in total. The van der Waals surface area contributed by atoms with Gasteiger partial charge in [0.05, 0.1) is 0 Å². The molecule has 0 aromatic rings. The third-order valence-electron chi connectivity index (χ3n) is 3.13. The Hall–Kier alpha value is -1.38. The number of amides is 1. The van der Waals surface area contributed by atoms with Crippen LogP contribution in [0.15, 0.2) is 28.9 Å². The van der Waals surface area contributed by atoms with Crippen molar-refractivity contribution in [1.82, 2.24) is 4.90 Å². The first-order valence-corrected chi connectivity index (χ1v) is 6.30. The van der Waals surface area contributed by atoms with Crippen molar-refractivity contribution < 1.29 is 4.79 Å². The second-order valence-corrected chi connectivity index (χ2v) is 4.35. The molecule has 0 aliphatic carbocycles. The maximum absolute atomic E-state index is 12.3. The molecule has 1 atom stereocenters. The van der Waals surface area contributed by atoms with E-state index in [-0.39, 0.29) is 5.91 Å². The molecular weight excluding hydrogens is 212 g/mol. The lowest BCUT2D eigenvalue weighted by Gasteiger charge is -2.33. The minimum atomic E-state index is 0.0465. The third kappa shape index (κ3) is 3.05. The average molecular weight is 234 g/mol. The second kappa shape index (κ2) is 6.38. The van der Waals surface area contributed by atoms with Crippen LogP contribution in [0, 0.1) is 0 Å². The minimum absolute atomic E-state index is 0.0465. The third-order valence-corrected chi connectivity index (χ3v) is 3.13. The molecule has 1 amide bonds. The summed E-state index contributed by atoms with van der Waals surface area (Å²) in [4.78, 5) is 18.4. The smallest absolute Gasteiger partial charge is 0.272 e. The Labute approximate surface area is 104 Å². The molecule has 0 N–H and O–H groups in total. The van der Waals surface area contributed by atoms with E-state index in [0.717, 1.165) is 31.4 Å². The van der Waals surface area contributed by atoms with Crippen LogP contribution < -0.4 is 0 Å². The highest BCUT2D eigenvalue weighted by Gasteiger charge is 2.28. The SMILES string of the molecule is C=CC1=C(N=CC)C(=O)N(C(C)CCC)CC1. The number of carbonyl (C=O) groups excluding carboxylic acids is 1. The van der Waals surface area contributed by atoms with Crippen LogP contribution in [0.3, 0.4) is 0 Å². The summed E-state index contributed by atoms with van der Waals surface area (Å²) in [5.74, 6) is 0.0465. The van der Waals surface area contributed by atoms with E-state index in [4.69, 9.17) is 0 Å². The zero-order valence-corrected chi connectivity index (χ0v) is 11.1.